The highest BCUT2D eigenvalue weighted by Crippen LogP contribution is 2.30. The summed E-state index contributed by atoms with van der Waals surface area (Å²) in [7, 11) is 0. The van der Waals surface area contributed by atoms with Crippen LogP contribution in [-0.2, 0) is 20.9 Å². The monoisotopic (exact) mass is 1090 g/mol. The van der Waals surface area contributed by atoms with Gasteiger partial charge in [0.05, 0.1) is 42.0 Å². The van der Waals surface area contributed by atoms with Gasteiger partial charge in [0.15, 0.2) is 10.3 Å². The molecule has 4 amide bonds. The number of likely N-dealkylation sites (tertiary alicyclic amines) is 2. The summed E-state index contributed by atoms with van der Waals surface area (Å²) in [5.74, 6) is 1.43. The van der Waals surface area contributed by atoms with Crippen molar-refractivity contribution in [3.05, 3.63) is 130 Å². The first-order valence-electron chi connectivity index (χ1n) is 25.1. The molecule has 3 fully saturated rings. The van der Waals surface area contributed by atoms with E-state index in [4.69, 9.17) is 26.3 Å². The molecular weight excluding hydrogens is 1030 g/mol. The third-order valence-corrected chi connectivity index (χ3v) is 14.9. The van der Waals surface area contributed by atoms with Crippen LogP contribution >= 0.6 is 34.3 Å². The Balaban J connectivity index is 0.000000204. The lowest BCUT2D eigenvalue weighted by Gasteiger charge is -2.32. The van der Waals surface area contributed by atoms with Gasteiger partial charge >= 0.3 is 0 Å². The highest BCUT2D eigenvalue weighted by atomic mass is 35.5. The van der Waals surface area contributed by atoms with Crippen molar-refractivity contribution in [2.45, 2.75) is 71.5 Å². The average Bonchev–Trinajstić information content (AvgIpc) is 4.03. The number of nitrogens with one attached hydrogen (secondary N) is 6. The van der Waals surface area contributed by atoms with Crippen LogP contribution in [0.5, 0.6) is 0 Å². The molecule has 0 bridgehead atoms. The van der Waals surface area contributed by atoms with Gasteiger partial charge in [0.2, 0.25) is 23.7 Å². The number of thiazole rings is 2. The first-order valence-corrected chi connectivity index (χ1v) is 27.1. The van der Waals surface area contributed by atoms with Gasteiger partial charge in [-0.25, -0.2) is 19.9 Å². The van der Waals surface area contributed by atoms with Gasteiger partial charge in [0, 0.05) is 75.8 Å². The Kier molecular flexibility index (Phi) is 19.1. The molecule has 0 spiro atoms. The zero-order valence-corrected chi connectivity index (χ0v) is 45.1. The predicted molar refractivity (Wildman–Crippen MR) is 300 cm³/mol. The lowest BCUT2D eigenvalue weighted by Crippen LogP contribution is -2.44. The number of carbonyl (C=O) groups excluding carboxylic acids is 4. The summed E-state index contributed by atoms with van der Waals surface area (Å²) in [6, 6.07) is 15.1. The van der Waals surface area contributed by atoms with Crippen LogP contribution in [0, 0.1) is 20.8 Å². The number of anilines is 8. The van der Waals surface area contributed by atoms with E-state index in [9.17, 15) is 19.2 Å². The number of carbonyl (C=O) groups is 4. The number of morpholine rings is 1. The number of aryl methyl sites for hydroxylation is 3. The SMILES string of the molecule is C=CC(=O)N1CCCCC(Nc2nccc(Nc3ncc(C(=O)Nc4c(C)cccc4Cl)s3)n2)C1.C=CC(=O)N1CCC[C@H](Nc2nc(CN3CCOCC3)cc(Nc3ncc(C(=O)Nc4c(C)cccc4C)s3)n2)C1. The third kappa shape index (κ3) is 15.2. The molecule has 7 heterocycles. The maximum Gasteiger partial charge on any atom is 0.267 e. The van der Waals surface area contributed by atoms with Crippen molar-refractivity contribution >= 4 is 103 Å². The van der Waals surface area contributed by atoms with Crippen molar-refractivity contribution in [2.75, 3.05) is 84.4 Å². The topological polar surface area (TPSA) is 237 Å². The van der Waals surface area contributed by atoms with Crippen LogP contribution in [-0.4, -0.2) is 133 Å². The van der Waals surface area contributed by atoms with Gasteiger partial charge < -0.3 is 46.4 Å². The van der Waals surface area contributed by atoms with E-state index in [-0.39, 0.29) is 35.7 Å². The van der Waals surface area contributed by atoms with Gasteiger partial charge in [0.1, 0.15) is 21.4 Å². The molecule has 3 aliphatic heterocycles. The molecule has 2 aromatic carbocycles. The number of rotatable bonds is 16. The number of hydrogen-bond donors (Lipinski definition) is 6. The van der Waals surface area contributed by atoms with Crippen molar-refractivity contribution < 1.29 is 23.9 Å². The fourth-order valence-electron chi connectivity index (χ4n) is 8.82. The Bertz CT molecular complexity index is 3000. The minimum Gasteiger partial charge on any atom is -0.379 e. The molecule has 76 heavy (non-hydrogen) atoms. The maximum atomic E-state index is 13.0. The second-order valence-electron chi connectivity index (χ2n) is 18.4. The van der Waals surface area contributed by atoms with E-state index in [2.05, 4.69) is 69.9 Å². The molecule has 20 nitrogen and oxygen atoms in total. The van der Waals surface area contributed by atoms with Crippen molar-refractivity contribution in [1.82, 2.24) is 44.6 Å². The lowest BCUT2D eigenvalue weighted by atomic mass is 10.1. The number of halogens is 1. The zero-order valence-electron chi connectivity index (χ0n) is 42.7. The summed E-state index contributed by atoms with van der Waals surface area (Å²) < 4.78 is 5.50. The van der Waals surface area contributed by atoms with Gasteiger partial charge in [-0.3, -0.25) is 24.1 Å². The fourth-order valence-corrected chi connectivity index (χ4v) is 10.5. The second-order valence-corrected chi connectivity index (χ2v) is 20.9. The van der Waals surface area contributed by atoms with Crippen molar-refractivity contribution in [3.8, 4) is 0 Å². The van der Waals surface area contributed by atoms with Gasteiger partial charge in [-0.15, -0.1) is 0 Å². The number of hydrogen-bond acceptors (Lipinski definition) is 18. The lowest BCUT2D eigenvalue weighted by molar-refractivity contribution is -0.127. The number of piperidine rings is 1. The molecule has 6 aromatic rings. The summed E-state index contributed by atoms with van der Waals surface area (Å²) in [4.78, 5) is 83.8. The van der Waals surface area contributed by atoms with Gasteiger partial charge in [-0.05, 0) is 93.9 Å². The normalized spacial score (nSPS) is 16.7. The zero-order chi connectivity index (χ0) is 53.6. The summed E-state index contributed by atoms with van der Waals surface area (Å²) in [6.45, 7) is 19.3. The highest BCUT2D eigenvalue weighted by Gasteiger charge is 2.25. The Labute approximate surface area is 454 Å². The van der Waals surface area contributed by atoms with Crippen LogP contribution in [0.3, 0.4) is 0 Å². The van der Waals surface area contributed by atoms with E-state index in [1.165, 1.54) is 41.0 Å². The number of ether oxygens (including phenoxy) is 1. The van der Waals surface area contributed by atoms with E-state index in [0.717, 1.165) is 86.4 Å². The van der Waals surface area contributed by atoms with E-state index in [1.54, 1.807) is 34.3 Å². The number of para-hydroxylation sites is 2. The quantitative estimate of drug-likeness (QED) is 0.0497. The first kappa shape index (κ1) is 54.9. The molecule has 4 aromatic heterocycles. The predicted octanol–water partition coefficient (Wildman–Crippen LogP) is 8.84. The smallest absolute Gasteiger partial charge is 0.267 e. The molecule has 1 unspecified atom stereocenters. The van der Waals surface area contributed by atoms with Crippen LogP contribution in [0.15, 0.2) is 92.4 Å². The Hall–Kier alpha value is -7.37. The van der Waals surface area contributed by atoms with Gasteiger partial charge in [-0.2, -0.15) is 9.97 Å². The second kappa shape index (κ2) is 26.4. The maximum absolute atomic E-state index is 13.0. The largest absolute Gasteiger partial charge is 0.379 e. The number of nitrogens with zero attached hydrogens (tertiary/aromatic N) is 9. The summed E-state index contributed by atoms with van der Waals surface area (Å²) in [6.07, 6.45) is 12.1. The molecule has 0 aliphatic carbocycles. The van der Waals surface area contributed by atoms with E-state index in [1.807, 2.05) is 57.2 Å². The molecule has 6 N–H and O–H groups in total. The molecule has 23 heteroatoms. The van der Waals surface area contributed by atoms with Crippen molar-refractivity contribution in [1.29, 1.82) is 0 Å². The molecule has 2 atom stereocenters. The molecule has 3 saturated heterocycles. The molecule has 398 valence electrons. The first-order chi connectivity index (χ1) is 36.8. The van der Waals surface area contributed by atoms with Crippen LogP contribution < -0.4 is 31.9 Å². The van der Waals surface area contributed by atoms with E-state index in [0.29, 0.717) is 87.1 Å². The van der Waals surface area contributed by atoms with Gasteiger partial charge in [0.25, 0.3) is 11.8 Å². The molecule has 0 saturated carbocycles. The summed E-state index contributed by atoms with van der Waals surface area (Å²) >= 11 is 8.68. The molecule has 0 radical (unpaired) electrons. The minimum atomic E-state index is -0.288. The minimum absolute atomic E-state index is 0.0270. The fraction of sp³-hybridized carbons (Fsp3) is 0.358. The summed E-state index contributed by atoms with van der Waals surface area (Å²) in [5, 5.41) is 20.6. The standard InChI is InChI=1S/C29H36N8O3S.C24H26ClN7O2S/c1-4-25(38)37-10-6-9-21(18-37)31-28-32-22(17-36-11-13-40-14-12-36)15-24(33-28)34-29-30-16-23(41-29)27(39)35-26-19(2)7-5-8-20(26)3;1-3-20(33)32-12-5-4-8-16(14-32)28-23-26-11-10-19(29-23)30-24-27-13-18(35-24)22(34)31-21-15(2)7-6-9-17(21)25/h4-5,7-8,15-16,21H,1,6,9-14,17-18H2,2-3H3,(H,35,39)(H2,30,31,32,33,34);3,6-7,9-11,13,16H,1,4-5,8,12,14H2,2H3,(H,31,34)(H2,26,27,28,29,30)/t21-;/m0./s1. The van der Waals surface area contributed by atoms with E-state index < -0.39 is 0 Å². The van der Waals surface area contributed by atoms with Crippen LogP contribution in [0.1, 0.15) is 73.8 Å². The average molecular weight is 1090 g/mol. The third-order valence-electron chi connectivity index (χ3n) is 12.8. The number of aromatic nitrogens is 6. The Morgan fingerprint density at radius 3 is 1.87 bits per heavy atom. The molecule has 3 aliphatic rings. The van der Waals surface area contributed by atoms with Crippen LogP contribution in [0.2, 0.25) is 5.02 Å². The van der Waals surface area contributed by atoms with Crippen molar-refractivity contribution in [3.63, 3.8) is 0 Å². The van der Waals surface area contributed by atoms with Gasteiger partial charge in [-0.1, -0.05) is 77.8 Å². The molecule has 9 rings (SSSR count). The van der Waals surface area contributed by atoms with E-state index >= 15 is 0 Å². The Morgan fingerprint density at radius 1 is 0.684 bits per heavy atom. The van der Waals surface area contributed by atoms with Crippen LogP contribution in [0.4, 0.5) is 45.2 Å². The van der Waals surface area contributed by atoms with Crippen molar-refractivity contribution in [2.24, 2.45) is 0 Å². The Morgan fingerprint density at radius 2 is 1.24 bits per heavy atom. The number of benzene rings is 2. The summed E-state index contributed by atoms with van der Waals surface area (Å²) in [5.41, 5.74) is 5.14. The molecular formula is C53H62ClN15O5S2. The highest BCUT2D eigenvalue weighted by molar-refractivity contribution is 7.18. The van der Waals surface area contributed by atoms with Crippen LogP contribution in [0.25, 0.3) is 0 Å². The number of amides is 4.